The van der Waals surface area contributed by atoms with Gasteiger partial charge in [0.15, 0.2) is 0 Å². The smallest absolute Gasteiger partial charge is 0.323 e. The van der Waals surface area contributed by atoms with Gasteiger partial charge in [-0.3, -0.25) is 5.43 Å². The number of ether oxygens (including phenoxy) is 1. The van der Waals surface area contributed by atoms with E-state index in [4.69, 9.17) is 10.6 Å². The van der Waals surface area contributed by atoms with Crippen LogP contribution in [0.5, 0.6) is 6.01 Å². The van der Waals surface area contributed by atoms with E-state index in [1.165, 1.54) is 19.3 Å². The van der Waals surface area contributed by atoms with Gasteiger partial charge in [0.2, 0.25) is 11.9 Å². The van der Waals surface area contributed by atoms with Gasteiger partial charge in [-0.1, -0.05) is 33.1 Å². The lowest BCUT2D eigenvalue weighted by Crippen LogP contribution is -2.19. The minimum absolute atomic E-state index is 0.290. The van der Waals surface area contributed by atoms with Crippen LogP contribution in [0.2, 0.25) is 0 Å². The number of anilines is 2. The molecule has 1 atom stereocenters. The summed E-state index contributed by atoms with van der Waals surface area (Å²) in [6.07, 6.45) is 5.62. The molecule has 0 aromatic carbocycles. The number of aromatic nitrogens is 3. The van der Waals surface area contributed by atoms with E-state index in [1.807, 2.05) is 6.92 Å². The number of nitrogens with zero attached hydrogens (tertiary/aromatic N) is 3. The fraction of sp³-hybridized carbons (Fsp3) is 0.769. The van der Waals surface area contributed by atoms with Gasteiger partial charge < -0.3 is 10.1 Å². The van der Waals surface area contributed by atoms with Crippen LogP contribution in [0.15, 0.2) is 0 Å². The van der Waals surface area contributed by atoms with Crippen LogP contribution in [-0.2, 0) is 0 Å². The lowest BCUT2D eigenvalue weighted by molar-refractivity contribution is 0.292. The number of rotatable bonds is 10. The monoisotopic (exact) mass is 282 g/mol. The molecule has 0 radical (unpaired) electrons. The minimum atomic E-state index is 0.290. The molecule has 20 heavy (non-hydrogen) atoms. The van der Waals surface area contributed by atoms with Crippen molar-refractivity contribution < 1.29 is 4.74 Å². The zero-order valence-corrected chi connectivity index (χ0v) is 12.6. The highest BCUT2D eigenvalue weighted by Gasteiger charge is 2.09. The predicted molar refractivity (Wildman–Crippen MR) is 80.6 cm³/mol. The van der Waals surface area contributed by atoms with Crippen LogP contribution in [0.1, 0.15) is 52.9 Å². The van der Waals surface area contributed by atoms with Crippen LogP contribution in [-0.4, -0.2) is 27.6 Å². The van der Waals surface area contributed by atoms with Gasteiger partial charge in [-0.05, 0) is 19.8 Å². The van der Waals surface area contributed by atoms with E-state index >= 15 is 0 Å². The number of nitrogens with one attached hydrogen (secondary N) is 2. The lowest BCUT2D eigenvalue weighted by atomic mass is 10.1. The summed E-state index contributed by atoms with van der Waals surface area (Å²) in [5.74, 6) is 6.15. The molecule has 0 saturated heterocycles. The Kier molecular flexibility index (Phi) is 7.64. The van der Waals surface area contributed by atoms with Gasteiger partial charge in [-0.25, -0.2) is 5.84 Å². The number of hydrogen-bond donors (Lipinski definition) is 3. The summed E-state index contributed by atoms with van der Waals surface area (Å²) >= 11 is 0. The molecule has 1 heterocycles. The summed E-state index contributed by atoms with van der Waals surface area (Å²) in [5, 5.41) is 3.25. The third-order valence-corrected chi connectivity index (χ3v) is 2.80. The largest absolute Gasteiger partial charge is 0.463 e. The van der Waals surface area contributed by atoms with E-state index in [0.717, 1.165) is 12.8 Å². The fourth-order valence-electron chi connectivity index (χ4n) is 1.74. The fourth-order valence-corrected chi connectivity index (χ4v) is 1.74. The lowest BCUT2D eigenvalue weighted by Gasteiger charge is -2.14. The maximum Gasteiger partial charge on any atom is 0.323 e. The third-order valence-electron chi connectivity index (χ3n) is 2.80. The number of hydrazine groups is 1. The van der Waals surface area contributed by atoms with Crippen molar-refractivity contribution in [2.24, 2.45) is 5.84 Å². The molecule has 0 aliphatic heterocycles. The molecule has 1 aromatic heterocycles. The van der Waals surface area contributed by atoms with E-state index in [9.17, 15) is 0 Å². The Morgan fingerprint density at radius 3 is 2.50 bits per heavy atom. The van der Waals surface area contributed by atoms with Crippen LogP contribution in [0.3, 0.4) is 0 Å². The van der Waals surface area contributed by atoms with Gasteiger partial charge in [0.05, 0.1) is 6.61 Å². The normalized spacial score (nSPS) is 12.0. The average molecular weight is 282 g/mol. The molecule has 7 heteroatoms. The first kappa shape index (κ1) is 16.4. The molecule has 1 aromatic rings. The average Bonchev–Trinajstić information content (AvgIpc) is 2.45. The van der Waals surface area contributed by atoms with Crippen molar-refractivity contribution in [3.63, 3.8) is 0 Å². The van der Waals surface area contributed by atoms with Crippen molar-refractivity contribution in [2.75, 3.05) is 17.3 Å². The standard InChI is InChI=1S/C13H26N6O/c1-4-6-7-8-10(3)15-11-16-12(19-14)18-13(17-11)20-9-5-2/h10H,4-9,14H2,1-3H3,(H2,15,16,17,18,19). The van der Waals surface area contributed by atoms with E-state index in [-0.39, 0.29) is 6.01 Å². The predicted octanol–water partition coefficient (Wildman–Crippen LogP) is 2.33. The van der Waals surface area contributed by atoms with Crippen molar-refractivity contribution in [3.8, 4) is 6.01 Å². The van der Waals surface area contributed by atoms with E-state index < -0.39 is 0 Å². The Balaban J connectivity index is 2.62. The summed E-state index contributed by atoms with van der Waals surface area (Å²) in [6, 6.07) is 0.589. The summed E-state index contributed by atoms with van der Waals surface area (Å²) in [7, 11) is 0. The Hall–Kier alpha value is -1.63. The Morgan fingerprint density at radius 2 is 1.85 bits per heavy atom. The second-order valence-electron chi connectivity index (χ2n) is 4.80. The van der Waals surface area contributed by atoms with Crippen LogP contribution in [0.25, 0.3) is 0 Å². The quantitative estimate of drug-likeness (QED) is 0.344. The zero-order valence-electron chi connectivity index (χ0n) is 12.6. The van der Waals surface area contributed by atoms with Gasteiger partial charge in [0.1, 0.15) is 0 Å². The molecule has 7 nitrogen and oxygen atoms in total. The first-order chi connectivity index (χ1) is 9.69. The SMILES string of the molecule is CCCCCC(C)Nc1nc(NN)nc(OCCC)n1. The van der Waals surface area contributed by atoms with Crippen LogP contribution in [0.4, 0.5) is 11.9 Å². The molecular formula is C13H26N6O. The van der Waals surface area contributed by atoms with Crippen LogP contribution >= 0.6 is 0 Å². The van der Waals surface area contributed by atoms with Crippen molar-refractivity contribution in [1.29, 1.82) is 0 Å². The zero-order chi connectivity index (χ0) is 14.8. The molecule has 0 bridgehead atoms. The van der Waals surface area contributed by atoms with Gasteiger partial charge in [-0.2, -0.15) is 15.0 Å². The molecule has 114 valence electrons. The summed E-state index contributed by atoms with van der Waals surface area (Å²) < 4.78 is 5.42. The van der Waals surface area contributed by atoms with Crippen LogP contribution < -0.4 is 21.3 Å². The Labute approximate surface area is 120 Å². The molecule has 1 unspecified atom stereocenters. The number of nitrogen functional groups attached to an aromatic ring is 1. The first-order valence-electron chi connectivity index (χ1n) is 7.31. The van der Waals surface area contributed by atoms with Gasteiger partial charge in [0.25, 0.3) is 0 Å². The highest BCUT2D eigenvalue weighted by atomic mass is 16.5. The summed E-state index contributed by atoms with van der Waals surface area (Å²) in [6.45, 7) is 6.90. The van der Waals surface area contributed by atoms with E-state index in [2.05, 4.69) is 39.5 Å². The number of unbranched alkanes of at least 4 members (excludes halogenated alkanes) is 2. The number of nitrogens with two attached hydrogens (primary N) is 1. The van der Waals surface area contributed by atoms with Gasteiger partial charge in [-0.15, -0.1) is 0 Å². The second kappa shape index (κ2) is 9.30. The molecule has 1 rings (SSSR count). The summed E-state index contributed by atoms with van der Waals surface area (Å²) in [4.78, 5) is 12.5. The molecule has 0 spiro atoms. The van der Waals surface area contributed by atoms with E-state index in [0.29, 0.717) is 24.5 Å². The van der Waals surface area contributed by atoms with Gasteiger partial charge in [0, 0.05) is 6.04 Å². The maximum absolute atomic E-state index is 5.42. The maximum atomic E-state index is 5.42. The summed E-state index contributed by atoms with van der Waals surface area (Å²) in [5.41, 5.74) is 2.43. The van der Waals surface area contributed by atoms with Crippen molar-refractivity contribution in [3.05, 3.63) is 0 Å². The van der Waals surface area contributed by atoms with Crippen LogP contribution in [0, 0.1) is 0 Å². The number of hydrogen-bond acceptors (Lipinski definition) is 7. The second-order valence-corrected chi connectivity index (χ2v) is 4.80. The minimum Gasteiger partial charge on any atom is -0.463 e. The molecule has 0 fully saturated rings. The molecule has 0 amide bonds. The molecular weight excluding hydrogens is 256 g/mol. The first-order valence-corrected chi connectivity index (χ1v) is 7.31. The van der Waals surface area contributed by atoms with Crippen molar-refractivity contribution >= 4 is 11.9 Å². The van der Waals surface area contributed by atoms with Crippen molar-refractivity contribution in [1.82, 2.24) is 15.0 Å². The van der Waals surface area contributed by atoms with E-state index in [1.54, 1.807) is 0 Å². The Bertz CT molecular complexity index is 387. The highest BCUT2D eigenvalue weighted by molar-refractivity contribution is 5.35. The molecule has 0 aliphatic rings. The third kappa shape index (κ3) is 6.01. The molecule has 4 N–H and O–H groups in total. The Morgan fingerprint density at radius 1 is 1.10 bits per heavy atom. The highest BCUT2D eigenvalue weighted by Crippen LogP contribution is 2.13. The molecule has 0 saturated carbocycles. The molecule has 0 aliphatic carbocycles. The van der Waals surface area contributed by atoms with Gasteiger partial charge >= 0.3 is 6.01 Å². The topological polar surface area (TPSA) is 98.0 Å². The van der Waals surface area contributed by atoms with Crippen molar-refractivity contribution in [2.45, 2.75) is 58.9 Å².